The Balaban J connectivity index is 2.21. The Morgan fingerprint density at radius 1 is 1.28 bits per heavy atom. The molecule has 0 atom stereocenters. The van der Waals surface area contributed by atoms with Crippen molar-refractivity contribution in [3.63, 3.8) is 0 Å². The molecule has 0 aliphatic carbocycles. The van der Waals surface area contributed by atoms with Crippen LogP contribution in [0.3, 0.4) is 0 Å². The van der Waals surface area contributed by atoms with E-state index in [4.69, 9.17) is 0 Å². The van der Waals surface area contributed by atoms with E-state index < -0.39 is 0 Å². The minimum Gasteiger partial charge on any atom is -0.355 e. The molecule has 1 amide bonds. The molecule has 102 valence electrons. The van der Waals surface area contributed by atoms with Crippen molar-refractivity contribution in [2.24, 2.45) is 5.92 Å². The van der Waals surface area contributed by atoms with Gasteiger partial charge in [0, 0.05) is 45.2 Å². The summed E-state index contributed by atoms with van der Waals surface area (Å²) in [6.07, 6.45) is 5.02. The van der Waals surface area contributed by atoms with E-state index in [9.17, 15) is 4.79 Å². The van der Waals surface area contributed by atoms with Gasteiger partial charge in [-0.05, 0) is 12.8 Å². The predicted octanol–water partition coefficient (Wildman–Crippen LogP) is 0.776. The van der Waals surface area contributed by atoms with Gasteiger partial charge < -0.3 is 10.6 Å². The first kappa shape index (κ1) is 14.9. The molecule has 0 aromatic heterocycles. The molecule has 0 aromatic rings. The number of nitrogens with one attached hydrogen (secondary N) is 2. The van der Waals surface area contributed by atoms with Crippen molar-refractivity contribution in [3.8, 4) is 0 Å². The number of carbonyl (C=O) groups is 1. The number of piperazine rings is 1. The van der Waals surface area contributed by atoms with Gasteiger partial charge in [-0.3, -0.25) is 9.69 Å². The SMILES string of the molecule is C=CCC(CC=C)C(=O)NCCN1CCNCC1. The van der Waals surface area contributed by atoms with Crippen molar-refractivity contribution in [1.29, 1.82) is 0 Å². The second kappa shape index (κ2) is 8.89. The number of nitrogens with zero attached hydrogens (tertiary/aromatic N) is 1. The molecule has 0 bridgehead atoms. The summed E-state index contributed by atoms with van der Waals surface area (Å²) in [6.45, 7) is 13.3. The van der Waals surface area contributed by atoms with Crippen LogP contribution in [0.15, 0.2) is 25.3 Å². The summed E-state index contributed by atoms with van der Waals surface area (Å²) in [5.41, 5.74) is 0. The van der Waals surface area contributed by atoms with E-state index in [1.165, 1.54) is 0 Å². The molecular weight excluding hydrogens is 226 g/mol. The fourth-order valence-electron chi connectivity index (χ4n) is 2.13. The molecule has 1 aliphatic rings. The van der Waals surface area contributed by atoms with Gasteiger partial charge in [-0.15, -0.1) is 13.2 Å². The first-order valence-corrected chi connectivity index (χ1v) is 6.70. The standard InChI is InChI=1S/C14H25N3O/c1-3-5-13(6-4-2)14(18)16-9-12-17-10-7-15-8-11-17/h3-4,13,15H,1-2,5-12H2,(H,16,18). The molecule has 0 spiro atoms. The first-order valence-electron chi connectivity index (χ1n) is 6.70. The molecular formula is C14H25N3O. The third kappa shape index (κ3) is 5.47. The molecule has 18 heavy (non-hydrogen) atoms. The lowest BCUT2D eigenvalue weighted by Gasteiger charge is -2.27. The zero-order valence-corrected chi connectivity index (χ0v) is 11.2. The van der Waals surface area contributed by atoms with Crippen molar-refractivity contribution in [2.45, 2.75) is 12.8 Å². The highest BCUT2D eigenvalue weighted by atomic mass is 16.1. The van der Waals surface area contributed by atoms with E-state index in [1.54, 1.807) is 12.2 Å². The average molecular weight is 251 g/mol. The van der Waals surface area contributed by atoms with Crippen molar-refractivity contribution >= 4 is 5.91 Å². The Labute approximate surface area is 110 Å². The van der Waals surface area contributed by atoms with Gasteiger partial charge in [0.2, 0.25) is 5.91 Å². The summed E-state index contributed by atoms with van der Waals surface area (Å²) in [4.78, 5) is 14.3. The van der Waals surface area contributed by atoms with Crippen LogP contribution in [0.5, 0.6) is 0 Å². The highest BCUT2D eigenvalue weighted by Crippen LogP contribution is 2.09. The molecule has 4 heteroatoms. The summed E-state index contributed by atoms with van der Waals surface area (Å²) in [5.74, 6) is 0.105. The van der Waals surface area contributed by atoms with Gasteiger partial charge in [0.05, 0.1) is 0 Å². The van der Waals surface area contributed by atoms with Gasteiger partial charge in [0.1, 0.15) is 0 Å². The summed E-state index contributed by atoms with van der Waals surface area (Å²) in [5, 5.41) is 6.32. The summed E-state index contributed by atoms with van der Waals surface area (Å²) in [7, 11) is 0. The predicted molar refractivity (Wildman–Crippen MR) is 75.4 cm³/mol. The average Bonchev–Trinajstić information content (AvgIpc) is 2.39. The minimum atomic E-state index is -0.0111. The number of amides is 1. The van der Waals surface area contributed by atoms with Gasteiger partial charge >= 0.3 is 0 Å². The van der Waals surface area contributed by atoms with Crippen molar-refractivity contribution in [1.82, 2.24) is 15.5 Å². The lowest BCUT2D eigenvalue weighted by atomic mass is 10.0. The van der Waals surface area contributed by atoms with E-state index in [0.29, 0.717) is 12.8 Å². The lowest BCUT2D eigenvalue weighted by Crippen LogP contribution is -2.46. The van der Waals surface area contributed by atoms with E-state index in [-0.39, 0.29) is 11.8 Å². The zero-order valence-electron chi connectivity index (χ0n) is 11.2. The molecule has 0 unspecified atom stereocenters. The number of allylic oxidation sites excluding steroid dienone is 2. The monoisotopic (exact) mass is 251 g/mol. The van der Waals surface area contributed by atoms with E-state index in [1.807, 2.05) is 0 Å². The number of rotatable bonds is 8. The third-order valence-corrected chi connectivity index (χ3v) is 3.21. The van der Waals surface area contributed by atoms with Crippen molar-refractivity contribution in [3.05, 3.63) is 25.3 Å². The van der Waals surface area contributed by atoms with Crippen LogP contribution in [0, 0.1) is 5.92 Å². The second-order valence-electron chi connectivity index (χ2n) is 4.63. The largest absolute Gasteiger partial charge is 0.355 e. The smallest absolute Gasteiger partial charge is 0.223 e. The molecule has 1 heterocycles. The first-order chi connectivity index (χ1) is 8.77. The van der Waals surface area contributed by atoms with Crippen LogP contribution in [0.4, 0.5) is 0 Å². The van der Waals surface area contributed by atoms with E-state index >= 15 is 0 Å². The zero-order chi connectivity index (χ0) is 13.2. The Morgan fingerprint density at radius 2 is 1.89 bits per heavy atom. The van der Waals surface area contributed by atoms with Gasteiger partial charge in [-0.25, -0.2) is 0 Å². The molecule has 0 aromatic carbocycles. The maximum absolute atomic E-state index is 11.9. The molecule has 1 aliphatic heterocycles. The van der Waals surface area contributed by atoms with Crippen LogP contribution in [0.25, 0.3) is 0 Å². The van der Waals surface area contributed by atoms with Crippen molar-refractivity contribution < 1.29 is 4.79 Å². The third-order valence-electron chi connectivity index (χ3n) is 3.21. The minimum absolute atomic E-state index is 0.0111. The molecule has 0 radical (unpaired) electrons. The summed E-state index contributed by atoms with van der Waals surface area (Å²) >= 11 is 0. The Kier molecular flexibility index (Phi) is 7.37. The number of hydrogen-bond donors (Lipinski definition) is 2. The van der Waals surface area contributed by atoms with E-state index in [0.717, 1.165) is 39.3 Å². The Morgan fingerprint density at radius 3 is 2.44 bits per heavy atom. The topological polar surface area (TPSA) is 44.4 Å². The maximum atomic E-state index is 11.9. The fourth-order valence-corrected chi connectivity index (χ4v) is 2.13. The number of carbonyl (C=O) groups excluding carboxylic acids is 1. The normalized spacial score (nSPS) is 16.5. The van der Waals surface area contributed by atoms with Crippen LogP contribution >= 0.6 is 0 Å². The van der Waals surface area contributed by atoms with Gasteiger partial charge in [0.25, 0.3) is 0 Å². The second-order valence-corrected chi connectivity index (χ2v) is 4.63. The van der Waals surface area contributed by atoms with Crippen molar-refractivity contribution in [2.75, 3.05) is 39.3 Å². The van der Waals surface area contributed by atoms with E-state index in [2.05, 4.69) is 28.7 Å². The molecule has 1 fully saturated rings. The maximum Gasteiger partial charge on any atom is 0.223 e. The highest BCUT2D eigenvalue weighted by Gasteiger charge is 2.15. The summed E-state index contributed by atoms with van der Waals surface area (Å²) < 4.78 is 0. The fraction of sp³-hybridized carbons (Fsp3) is 0.643. The van der Waals surface area contributed by atoms with Crippen LogP contribution < -0.4 is 10.6 Å². The van der Waals surface area contributed by atoms with Crippen LogP contribution in [0.1, 0.15) is 12.8 Å². The quantitative estimate of drug-likeness (QED) is 0.627. The Hall–Kier alpha value is -1.13. The lowest BCUT2D eigenvalue weighted by molar-refractivity contribution is -0.124. The van der Waals surface area contributed by atoms with Crippen LogP contribution in [0.2, 0.25) is 0 Å². The highest BCUT2D eigenvalue weighted by molar-refractivity contribution is 5.78. The number of hydrogen-bond acceptors (Lipinski definition) is 3. The van der Waals surface area contributed by atoms with Gasteiger partial charge in [0.15, 0.2) is 0 Å². The molecule has 2 N–H and O–H groups in total. The van der Waals surface area contributed by atoms with Gasteiger partial charge in [-0.1, -0.05) is 12.2 Å². The van der Waals surface area contributed by atoms with Gasteiger partial charge in [-0.2, -0.15) is 0 Å². The molecule has 0 saturated carbocycles. The summed E-state index contributed by atoms with van der Waals surface area (Å²) in [6, 6.07) is 0. The Bertz CT molecular complexity index is 262. The molecule has 4 nitrogen and oxygen atoms in total. The molecule has 1 rings (SSSR count). The van der Waals surface area contributed by atoms with Crippen LogP contribution in [-0.2, 0) is 4.79 Å². The molecule has 1 saturated heterocycles. The van der Waals surface area contributed by atoms with Crippen LogP contribution in [-0.4, -0.2) is 50.1 Å².